The summed E-state index contributed by atoms with van der Waals surface area (Å²) in [5.74, 6) is 0.457. The number of halogens is 1. The van der Waals surface area contributed by atoms with Crippen LogP contribution in [0, 0.1) is 0 Å². The summed E-state index contributed by atoms with van der Waals surface area (Å²) in [6.07, 6.45) is 0.964. The molecule has 6 heteroatoms. The van der Waals surface area contributed by atoms with Crippen LogP contribution in [0.1, 0.15) is 30.1 Å². The van der Waals surface area contributed by atoms with E-state index in [1.165, 1.54) is 20.3 Å². The minimum atomic E-state index is -0.542. The normalized spacial score (nSPS) is 11.8. The first kappa shape index (κ1) is 16.6. The fraction of sp³-hybridized carbons (Fsp3) is 0.500. The summed E-state index contributed by atoms with van der Waals surface area (Å²) in [7, 11) is 2.95. The van der Waals surface area contributed by atoms with E-state index in [-0.39, 0.29) is 12.5 Å². The van der Waals surface area contributed by atoms with Crippen LogP contribution in [-0.4, -0.2) is 37.9 Å². The maximum Gasteiger partial charge on any atom is 0.251 e. The molecule has 0 saturated heterocycles. The molecule has 0 heterocycles. The molecule has 0 fully saturated rings. The number of aliphatic hydroxyl groups excluding tert-OH is 1. The molecule has 1 aromatic rings. The van der Waals surface area contributed by atoms with Crippen molar-refractivity contribution in [3.8, 4) is 11.5 Å². The average molecular weight is 302 g/mol. The Morgan fingerprint density at radius 1 is 1.40 bits per heavy atom. The number of ether oxygens (including phenoxy) is 2. The number of carbonyl (C=O) groups is 1. The Morgan fingerprint density at radius 2 is 2.10 bits per heavy atom. The van der Waals surface area contributed by atoms with Crippen molar-refractivity contribution in [1.29, 1.82) is 0 Å². The molecule has 1 amide bonds. The van der Waals surface area contributed by atoms with Gasteiger partial charge >= 0.3 is 0 Å². The third-order valence-electron chi connectivity index (χ3n) is 2.82. The fourth-order valence-corrected chi connectivity index (χ4v) is 2.08. The van der Waals surface area contributed by atoms with Crippen molar-refractivity contribution in [2.45, 2.75) is 25.9 Å². The van der Waals surface area contributed by atoms with Gasteiger partial charge in [0.2, 0.25) is 0 Å². The van der Waals surface area contributed by atoms with Crippen LogP contribution in [0.15, 0.2) is 12.1 Å². The van der Waals surface area contributed by atoms with Gasteiger partial charge < -0.3 is 19.9 Å². The van der Waals surface area contributed by atoms with E-state index >= 15 is 0 Å². The topological polar surface area (TPSA) is 67.8 Å². The zero-order valence-electron chi connectivity index (χ0n) is 11.9. The van der Waals surface area contributed by atoms with Gasteiger partial charge in [-0.25, -0.2) is 0 Å². The Bertz CT molecular complexity index is 465. The summed E-state index contributed by atoms with van der Waals surface area (Å²) in [5.41, 5.74) is 0.358. The van der Waals surface area contributed by atoms with Gasteiger partial charge in [0.1, 0.15) is 0 Å². The van der Waals surface area contributed by atoms with Gasteiger partial charge in [0.05, 0.1) is 25.3 Å². The van der Waals surface area contributed by atoms with Gasteiger partial charge in [-0.3, -0.25) is 4.79 Å². The van der Waals surface area contributed by atoms with E-state index in [0.717, 1.165) is 6.42 Å². The van der Waals surface area contributed by atoms with Crippen LogP contribution in [0.3, 0.4) is 0 Å². The second kappa shape index (κ2) is 7.97. The number of benzene rings is 1. The van der Waals surface area contributed by atoms with Gasteiger partial charge in [-0.15, -0.1) is 0 Å². The molecule has 1 rings (SSSR count). The van der Waals surface area contributed by atoms with Crippen LogP contribution in [0.5, 0.6) is 11.5 Å². The number of hydrogen-bond donors (Lipinski definition) is 2. The number of nitrogens with one attached hydrogen (secondary N) is 1. The standard InChI is InChI=1S/C14H20ClNO4/c1-4-5-10(17)8-16-14(18)9-6-11(15)13(20-3)12(7-9)19-2/h6-7,10,17H,4-5,8H2,1-3H3,(H,16,18). The highest BCUT2D eigenvalue weighted by Crippen LogP contribution is 2.35. The molecule has 0 saturated carbocycles. The summed E-state index contributed by atoms with van der Waals surface area (Å²) in [5, 5.41) is 12.5. The number of amides is 1. The molecule has 2 N–H and O–H groups in total. The van der Waals surface area contributed by atoms with Gasteiger partial charge in [-0.1, -0.05) is 24.9 Å². The number of methoxy groups -OCH3 is 2. The van der Waals surface area contributed by atoms with Crippen molar-refractivity contribution in [2.24, 2.45) is 0 Å². The minimum Gasteiger partial charge on any atom is -0.493 e. The SMILES string of the molecule is CCCC(O)CNC(=O)c1cc(Cl)c(OC)c(OC)c1. The second-order valence-electron chi connectivity index (χ2n) is 4.35. The number of rotatable bonds is 7. The lowest BCUT2D eigenvalue weighted by Gasteiger charge is -2.13. The molecule has 5 nitrogen and oxygen atoms in total. The zero-order valence-corrected chi connectivity index (χ0v) is 12.7. The number of aliphatic hydroxyl groups is 1. The monoisotopic (exact) mass is 301 g/mol. The Morgan fingerprint density at radius 3 is 2.65 bits per heavy atom. The molecule has 1 unspecified atom stereocenters. The average Bonchev–Trinajstić information content (AvgIpc) is 2.44. The third kappa shape index (κ3) is 4.28. The van der Waals surface area contributed by atoms with E-state index in [0.29, 0.717) is 28.5 Å². The molecule has 1 atom stereocenters. The van der Waals surface area contributed by atoms with Gasteiger partial charge in [0.15, 0.2) is 11.5 Å². The molecule has 0 bridgehead atoms. The quantitative estimate of drug-likeness (QED) is 0.810. The molecule has 0 radical (unpaired) electrons. The van der Waals surface area contributed by atoms with Crippen LogP contribution in [0.4, 0.5) is 0 Å². The van der Waals surface area contributed by atoms with Crippen LogP contribution < -0.4 is 14.8 Å². The highest BCUT2D eigenvalue weighted by molar-refractivity contribution is 6.32. The van der Waals surface area contributed by atoms with Crippen LogP contribution >= 0.6 is 11.6 Å². The molecule has 0 aliphatic rings. The van der Waals surface area contributed by atoms with Gasteiger partial charge in [-0.2, -0.15) is 0 Å². The Labute approximate surface area is 123 Å². The Hall–Kier alpha value is -1.46. The van der Waals surface area contributed by atoms with Crippen molar-refractivity contribution in [3.63, 3.8) is 0 Å². The van der Waals surface area contributed by atoms with Crippen molar-refractivity contribution in [1.82, 2.24) is 5.32 Å². The lowest BCUT2D eigenvalue weighted by Crippen LogP contribution is -2.32. The van der Waals surface area contributed by atoms with Gasteiger partial charge in [-0.05, 0) is 18.6 Å². The molecular weight excluding hydrogens is 282 g/mol. The molecule has 0 aliphatic heterocycles. The van der Waals surface area contributed by atoms with E-state index in [4.69, 9.17) is 21.1 Å². The van der Waals surface area contributed by atoms with Crippen LogP contribution in [-0.2, 0) is 0 Å². The molecule has 0 aliphatic carbocycles. The third-order valence-corrected chi connectivity index (χ3v) is 3.10. The minimum absolute atomic E-state index is 0.207. The summed E-state index contributed by atoms with van der Waals surface area (Å²) in [4.78, 5) is 12.0. The highest BCUT2D eigenvalue weighted by Gasteiger charge is 2.15. The summed E-state index contributed by atoms with van der Waals surface area (Å²) >= 11 is 6.04. The Balaban J connectivity index is 2.81. The van der Waals surface area contributed by atoms with E-state index in [1.807, 2.05) is 6.92 Å². The van der Waals surface area contributed by atoms with Crippen molar-refractivity contribution in [3.05, 3.63) is 22.7 Å². The first-order valence-corrected chi connectivity index (χ1v) is 6.79. The maximum absolute atomic E-state index is 12.0. The van der Waals surface area contributed by atoms with E-state index < -0.39 is 6.10 Å². The molecule has 1 aromatic carbocycles. The lowest BCUT2D eigenvalue weighted by molar-refractivity contribution is 0.0909. The molecule has 0 aromatic heterocycles. The summed E-state index contributed by atoms with van der Waals surface area (Å²) in [6.45, 7) is 2.18. The second-order valence-corrected chi connectivity index (χ2v) is 4.75. The highest BCUT2D eigenvalue weighted by atomic mass is 35.5. The fourth-order valence-electron chi connectivity index (χ4n) is 1.80. The molecular formula is C14H20ClNO4. The molecule has 0 spiro atoms. The Kier molecular flexibility index (Phi) is 6.61. The largest absolute Gasteiger partial charge is 0.493 e. The molecule has 112 valence electrons. The van der Waals surface area contributed by atoms with Crippen molar-refractivity contribution in [2.75, 3.05) is 20.8 Å². The summed E-state index contributed by atoms with van der Waals surface area (Å²) < 4.78 is 10.2. The number of carbonyl (C=O) groups excluding carboxylic acids is 1. The van der Waals surface area contributed by atoms with Crippen molar-refractivity contribution >= 4 is 17.5 Å². The van der Waals surface area contributed by atoms with E-state index in [2.05, 4.69) is 5.32 Å². The predicted molar refractivity (Wildman–Crippen MR) is 77.8 cm³/mol. The van der Waals surface area contributed by atoms with Gasteiger partial charge in [0, 0.05) is 12.1 Å². The first-order valence-electron chi connectivity index (χ1n) is 6.41. The summed E-state index contributed by atoms with van der Waals surface area (Å²) in [6, 6.07) is 3.05. The van der Waals surface area contributed by atoms with Crippen LogP contribution in [0.25, 0.3) is 0 Å². The molecule has 20 heavy (non-hydrogen) atoms. The van der Waals surface area contributed by atoms with Crippen molar-refractivity contribution < 1.29 is 19.4 Å². The number of hydrogen-bond acceptors (Lipinski definition) is 4. The van der Waals surface area contributed by atoms with Gasteiger partial charge in [0.25, 0.3) is 5.91 Å². The smallest absolute Gasteiger partial charge is 0.251 e. The predicted octanol–water partition coefficient (Wildman–Crippen LogP) is 2.25. The van der Waals surface area contributed by atoms with Crippen LogP contribution in [0.2, 0.25) is 5.02 Å². The van der Waals surface area contributed by atoms with E-state index in [9.17, 15) is 9.90 Å². The maximum atomic E-state index is 12.0. The lowest BCUT2D eigenvalue weighted by atomic mass is 10.1. The van der Waals surface area contributed by atoms with E-state index in [1.54, 1.807) is 6.07 Å². The first-order chi connectivity index (χ1) is 9.53. The zero-order chi connectivity index (χ0) is 15.1.